The van der Waals surface area contributed by atoms with Crippen LogP contribution in [0, 0.1) is 0 Å². The summed E-state index contributed by atoms with van der Waals surface area (Å²) >= 11 is 0. The van der Waals surface area contributed by atoms with Gasteiger partial charge in [-0.25, -0.2) is 4.98 Å². The molecule has 110 valence electrons. The van der Waals surface area contributed by atoms with Gasteiger partial charge in [-0.15, -0.1) is 0 Å². The lowest BCUT2D eigenvalue weighted by Gasteiger charge is -2.20. The summed E-state index contributed by atoms with van der Waals surface area (Å²) in [5.41, 5.74) is 9.34. The summed E-state index contributed by atoms with van der Waals surface area (Å²) in [6.45, 7) is 6.02. The molecular weight excluding hydrogens is 248 g/mol. The van der Waals surface area contributed by atoms with E-state index in [0.717, 1.165) is 30.7 Å². The van der Waals surface area contributed by atoms with Crippen LogP contribution < -0.4 is 5.73 Å². The van der Waals surface area contributed by atoms with E-state index in [2.05, 4.69) is 55.6 Å². The van der Waals surface area contributed by atoms with Gasteiger partial charge in [0.2, 0.25) is 0 Å². The van der Waals surface area contributed by atoms with Gasteiger partial charge in [0.05, 0.1) is 17.1 Å². The molecule has 2 aromatic rings. The number of rotatable bonds is 6. The van der Waals surface area contributed by atoms with Crippen molar-refractivity contribution in [2.45, 2.75) is 39.3 Å². The summed E-state index contributed by atoms with van der Waals surface area (Å²) in [6, 6.07) is 6.90. The maximum absolute atomic E-state index is 5.68. The van der Waals surface area contributed by atoms with Crippen LogP contribution in [0.2, 0.25) is 0 Å². The first-order valence-electron chi connectivity index (χ1n) is 7.44. The van der Waals surface area contributed by atoms with Crippen molar-refractivity contribution in [3.63, 3.8) is 0 Å². The number of imidazole rings is 1. The zero-order chi connectivity index (χ0) is 14.7. The molecule has 1 aromatic carbocycles. The number of nitrogens with two attached hydrogens (primary N) is 1. The molecular formula is C16H26N4. The number of hydrogen-bond donors (Lipinski definition) is 1. The highest BCUT2D eigenvalue weighted by Crippen LogP contribution is 2.24. The van der Waals surface area contributed by atoms with Gasteiger partial charge in [0, 0.05) is 6.54 Å². The Hall–Kier alpha value is -1.39. The van der Waals surface area contributed by atoms with Crippen molar-refractivity contribution in [3.05, 3.63) is 29.6 Å². The van der Waals surface area contributed by atoms with Gasteiger partial charge in [-0.1, -0.05) is 13.0 Å². The second-order valence-corrected chi connectivity index (χ2v) is 5.58. The summed E-state index contributed by atoms with van der Waals surface area (Å²) in [7, 11) is 4.18. The Morgan fingerprint density at radius 2 is 2.10 bits per heavy atom. The number of aromatic nitrogens is 2. The fourth-order valence-corrected chi connectivity index (χ4v) is 2.45. The van der Waals surface area contributed by atoms with Gasteiger partial charge in [0.1, 0.15) is 5.82 Å². The Morgan fingerprint density at radius 1 is 1.35 bits per heavy atom. The largest absolute Gasteiger partial charge is 0.330 e. The minimum Gasteiger partial charge on any atom is -0.330 e. The van der Waals surface area contributed by atoms with Gasteiger partial charge >= 0.3 is 0 Å². The van der Waals surface area contributed by atoms with E-state index in [1.54, 1.807) is 0 Å². The molecule has 0 amide bonds. The SMILES string of the molecule is CCc1ccc2c(c1)nc(C(C)N(C)C)n2CCCN. The first-order chi connectivity index (χ1) is 9.58. The van der Waals surface area contributed by atoms with Crippen LogP contribution in [0.1, 0.15) is 37.7 Å². The second-order valence-electron chi connectivity index (χ2n) is 5.58. The number of nitrogens with zero attached hydrogens (tertiary/aromatic N) is 3. The molecule has 2 rings (SSSR count). The number of fused-ring (bicyclic) bond motifs is 1. The van der Waals surface area contributed by atoms with Crippen molar-refractivity contribution in [2.24, 2.45) is 5.73 Å². The van der Waals surface area contributed by atoms with Crippen molar-refractivity contribution in [2.75, 3.05) is 20.6 Å². The topological polar surface area (TPSA) is 47.1 Å². The summed E-state index contributed by atoms with van der Waals surface area (Å²) in [5.74, 6) is 1.13. The third-order valence-electron chi connectivity index (χ3n) is 3.98. The summed E-state index contributed by atoms with van der Waals surface area (Å²) in [6.07, 6.45) is 2.03. The standard InChI is InChI=1S/C16H26N4/c1-5-13-7-8-15-14(11-13)18-16(12(2)19(3)4)20(15)10-6-9-17/h7-8,11-12H,5-6,9-10,17H2,1-4H3. The second kappa shape index (κ2) is 6.37. The van der Waals surface area contributed by atoms with Crippen LogP contribution in [0.4, 0.5) is 0 Å². The van der Waals surface area contributed by atoms with Crippen LogP contribution in [-0.4, -0.2) is 35.1 Å². The van der Waals surface area contributed by atoms with Crippen molar-refractivity contribution >= 4 is 11.0 Å². The van der Waals surface area contributed by atoms with E-state index < -0.39 is 0 Å². The first-order valence-corrected chi connectivity index (χ1v) is 7.44. The highest BCUT2D eigenvalue weighted by molar-refractivity contribution is 5.77. The predicted octanol–water partition coefficient (Wildman–Crippen LogP) is 2.57. The van der Waals surface area contributed by atoms with Crippen molar-refractivity contribution in [1.29, 1.82) is 0 Å². The molecule has 4 nitrogen and oxygen atoms in total. The monoisotopic (exact) mass is 274 g/mol. The zero-order valence-corrected chi connectivity index (χ0v) is 13.1. The van der Waals surface area contributed by atoms with Crippen LogP contribution in [0.15, 0.2) is 18.2 Å². The Balaban J connectivity index is 2.53. The summed E-state index contributed by atoms with van der Waals surface area (Å²) < 4.78 is 2.33. The maximum atomic E-state index is 5.68. The Bertz CT molecular complexity index is 571. The van der Waals surface area contributed by atoms with E-state index in [4.69, 9.17) is 10.7 Å². The van der Waals surface area contributed by atoms with Gasteiger partial charge in [-0.2, -0.15) is 0 Å². The van der Waals surface area contributed by atoms with E-state index >= 15 is 0 Å². The summed E-state index contributed by atoms with van der Waals surface area (Å²) in [5, 5.41) is 0. The molecule has 0 bridgehead atoms. The molecule has 1 unspecified atom stereocenters. The smallest absolute Gasteiger partial charge is 0.126 e. The van der Waals surface area contributed by atoms with Crippen LogP contribution in [0.5, 0.6) is 0 Å². The molecule has 0 aliphatic rings. The first kappa shape index (κ1) is 15.0. The van der Waals surface area contributed by atoms with Gasteiger partial charge in [-0.3, -0.25) is 4.90 Å². The highest BCUT2D eigenvalue weighted by Gasteiger charge is 2.18. The minimum absolute atomic E-state index is 0.297. The van der Waals surface area contributed by atoms with Crippen LogP contribution in [-0.2, 0) is 13.0 Å². The Kier molecular flexibility index (Phi) is 4.78. The lowest BCUT2D eigenvalue weighted by atomic mass is 10.1. The molecule has 0 aliphatic heterocycles. The molecule has 2 N–H and O–H groups in total. The number of benzene rings is 1. The van der Waals surface area contributed by atoms with E-state index in [-0.39, 0.29) is 0 Å². The van der Waals surface area contributed by atoms with Crippen LogP contribution in [0.3, 0.4) is 0 Å². The predicted molar refractivity (Wildman–Crippen MR) is 84.9 cm³/mol. The molecule has 1 atom stereocenters. The fourth-order valence-electron chi connectivity index (χ4n) is 2.45. The van der Waals surface area contributed by atoms with Gasteiger partial charge < -0.3 is 10.3 Å². The van der Waals surface area contributed by atoms with E-state index in [1.807, 2.05) is 0 Å². The lowest BCUT2D eigenvalue weighted by molar-refractivity contribution is 0.301. The van der Waals surface area contributed by atoms with Crippen molar-refractivity contribution in [1.82, 2.24) is 14.5 Å². The fraction of sp³-hybridized carbons (Fsp3) is 0.562. The van der Waals surface area contributed by atoms with Gasteiger partial charge in [0.25, 0.3) is 0 Å². The molecule has 20 heavy (non-hydrogen) atoms. The lowest BCUT2D eigenvalue weighted by Crippen LogP contribution is -2.21. The number of hydrogen-bond acceptors (Lipinski definition) is 3. The highest BCUT2D eigenvalue weighted by atomic mass is 15.2. The van der Waals surface area contributed by atoms with Crippen molar-refractivity contribution < 1.29 is 0 Å². The zero-order valence-electron chi connectivity index (χ0n) is 13.1. The quantitative estimate of drug-likeness (QED) is 0.880. The third kappa shape index (κ3) is 2.86. The normalized spacial score (nSPS) is 13.3. The molecule has 4 heteroatoms. The van der Waals surface area contributed by atoms with E-state index in [1.165, 1.54) is 11.1 Å². The molecule has 0 radical (unpaired) electrons. The minimum atomic E-state index is 0.297. The van der Waals surface area contributed by atoms with E-state index in [9.17, 15) is 0 Å². The summed E-state index contributed by atoms with van der Waals surface area (Å²) in [4.78, 5) is 7.07. The molecule has 0 fully saturated rings. The van der Waals surface area contributed by atoms with Gasteiger partial charge in [-0.05, 0) is 58.1 Å². The molecule has 0 saturated heterocycles. The van der Waals surface area contributed by atoms with Crippen LogP contribution >= 0.6 is 0 Å². The average molecular weight is 274 g/mol. The molecule has 1 aromatic heterocycles. The maximum Gasteiger partial charge on any atom is 0.126 e. The van der Waals surface area contributed by atoms with Gasteiger partial charge in [0.15, 0.2) is 0 Å². The Labute approximate surface area is 121 Å². The Morgan fingerprint density at radius 3 is 2.70 bits per heavy atom. The molecule has 0 saturated carbocycles. The van der Waals surface area contributed by atoms with E-state index in [0.29, 0.717) is 12.6 Å². The molecule has 0 spiro atoms. The third-order valence-corrected chi connectivity index (χ3v) is 3.98. The van der Waals surface area contributed by atoms with Crippen molar-refractivity contribution in [3.8, 4) is 0 Å². The number of aryl methyl sites for hydroxylation is 2. The molecule has 0 aliphatic carbocycles. The van der Waals surface area contributed by atoms with Crippen LogP contribution in [0.25, 0.3) is 11.0 Å². The average Bonchev–Trinajstić information content (AvgIpc) is 2.81. The molecule has 1 heterocycles.